The summed E-state index contributed by atoms with van der Waals surface area (Å²) in [4.78, 5) is 4.07. The molecule has 0 aliphatic rings. The van der Waals surface area contributed by atoms with Gasteiger partial charge in [-0.2, -0.15) is 10.2 Å². The summed E-state index contributed by atoms with van der Waals surface area (Å²) in [5.41, 5.74) is 3.20. The quantitative estimate of drug-likeness (QED) is 0.800. The molecule has 3 aromatic rings. The number of nitrogens with zero attached hydrogens (tertiary/aromatic N) is 5. The van der Waals surface area contributed by atoms with Gasteiger partial charge in [0, 0.05) is 31.4 Å². The number of aliphatic hydroxyl groups is 1. The van der Waals surface area contributed by atoms with Crippen molar-refractivity contribution in [1.29, 1.82) is 0 Å². The molecule has 21 heavy (non-hydrogen) atoms. The summed E-state index contributed by atoms with van der Waals surface area (Å²) < 4.78 is 3.42. The Bertz CT molecular complexity index is 779. The monoisotopic (exact) mass is 305 g/mol. The van der Waals surface area contributed by atoms with E-state index >= 15 is 0 Å². The van der Waals surface area contributed by atoms with E-state index in [-0.39, 0.29) is 0 Å². The number of aliphatic hydroxyl groups excluding tert-OH is 1. The van der Waals surface area contributed by atoms with Gasteiger partial charge in [-0.3, -0.25) is 9.67 Å². The molecule has 0 amide bonds. The number of halogens is 1. The first kappa shape index (κ1) is 14.0. The molecule has 110 valence electrons. The summed E-state index contributed by atoms with van der Waals surface area (Å²) >= 11 is 6.33. The third kappa shape index (κ3) is 2.41. The number of hydrogen-bond donors (Lipinski definition) is 1. The Morgan fingerprint density at radius 3 is 2.90 bits per heavy atom. The molecule has 7 heteroatoms. The first-order chi connectivity index (χ1) is 10.1. The van der Waals surface area contributed by atoms with Crippen molar-refractivity contribution in [2.75, 3.05) is 0 Å². The molecule has 1 N–H and O–H groups in total. The fourth-order valence-electron chi connectivity index (χ4n) is 2.44. The van der Waals surface area contributed by atoms with Crippen molar-refractivity contribution in [1.82, 2.24) is 24.4 Å². The van der Waals surface area contributed by atoms with Crippen LogP contribution < -0.4 is 0 Å². The van der Waals surface area contributed by atoms with Gasteiger partial charge in [-0.15, -0.1) is 0 Å². The molecule has 0 aromatic carbocycles. The van der Waals surface area contributed by atoms with Crippen LogP contribution in [0.15, 0.2) is 24.8 Å². The minimum Gasteiger partial charge on any atom is -0.388 e. The zero-order valence-electron chi connectivity index (χ0n) is 11.9. The van der Waals surface area contributed by atoms with Gasteiger partial charge in [-0.05, 0) is 6.42 Å². The lowest BCUT2D eigenvalue weighted by Gasteiger charge is -2.10. The van der Waals surface area contributed by atoms with Gasteiger partial charge in [0.15, 0.2) is 0 Å². The minimum absolute atomic E-state index is 0.387. The average Bonchev–Trinajstić information content (AvgIpc) is 3.03. The maximum absolute atomic E-state index is 10.5. The Hall–Kier alpha value is -1.92. The van der Waals surface area contributed by atoms with E-state index in [9.17, 15) is 5.11 Å². The zero-order chi connectivity index (χ0) is 15.0. The van der Waals surface area contributed by atoms with Crippen molar-refractivity contribution in [3.8, 4) is 0 Å². The highest BCUT2D eigenvalue weighted by Crippen LogP contribution is 2.27. The van der Waals surface area contributed by atoms with Crippen LogP contribution in [0.3, 0.4) is 0 Å². The van der Waals surface area contributed by atoms with Gasteiger partial charge in [0.25, 0.3) is 0 Å². The Balaban J connectivity index is 1.93. The van der Waals surface area contributed by atoms with E-state index in [4.69, 9.17) is 11.6 Å². The minimum atomic E-state index is -0.704. The Labute approximate surface area is 127 Å². The molecule has 3 aromatic heterocycles. The van der Waals surface area contributed by atoms with E-state index in [0.29, 0.717) is 11.4 Å². The SMILES string of the molecule is CCc1nn(C)c(CC(O)c2cnn3ccncc23)c1Cl. The normalized spacial score (nSPS) is 13.0. The first-order valence-electron chi connectivity index (χ1n) is 6.77. The van der Waals surface area contributed by atoms with Crippen LogP contribution in [0.1, 0.15) is 30.0 Å². The second kappa shape index (κ2) is 5.46. The van der Waals surface area contributed by atoms with Crippen molar-refractivity contribution in [3.63, 3.8) is 0 Å². The third-order valence-corrected chi connectivity index (χ3v) is 4.04. The molecule has 0 bridgehead atoms. The molecular formula is C14H16ClN5O. The van der Waals surface area contributed by atoms with Crippen LogP contribution >= 0.6 is 11.6 Å². The van der Waals surface area contributed by atoms with E-state index in [1.165, 1.54) is 0 Å². The molecule has 0 aliphatic carbocycles. The van der Waals surface area contributed by atoms with Crippen molar-refractivity contribution in [2.24, 2.45) is 7.05 Å². The topological polar surface area (TPSA) is 68.2 Å². The summed E-state index contributed by atoms with van der Waals surface area (Å²) in [7, 11) is 1.84. The Morgan fingerprint density at radius 1 is 1.38 bits per heavy atom. The number of aryl methyl sites for hydroxylation is 2. The maximum atomic E-state index is 10.5. The highest BCUT2D eigenvalue weighted by atomic mass is 35.5. The number of hydrogen-bond acceptors (Lipinski definition) is 4. The Kier molecular flexibility index (Phi) is 3.65. The van der Waals surface area contributed by atoms with E-state index < -0.39 is 6.10 Å². The second-order valence-electron chi connectivity index (χ2n) is 4.91. The number of fused-ring (bicyclic) bond motifs is 1. The van der Waals surface area contributed by atoms with Crippen molar-refractivity contribution < 1.29 is 5.11 Å². The van der Waals surface area contributed by atoms with Crippen LogP contribution in [-0.4, -0.2) is 29.5 Å². The molecule has 0 radical (unpaired) electrons. The van der Waals surface area contributed by atoms with Gasteiger partial charge in [-0.25, -0.2) is 4.52 Å². The lowest BCUT2D eigenvalue weighted by molar-refractivity contribution is 0.177. The first-order valence-corrected chi connectivity index (χ1v) is 7.15. The largest absolute Gasteiger partial charge is 0.388 e. The molecular weight excluding hydrogens is 290 g/mol. The van der Waals surface area contributed by atoms with Crippen LogP contribution in [0.2, 0.25) is 5.02 Å². The molecule has 0 spiro atoms. The van der Waals surface area contributed by atoms with Gasteiger partial charge in [0.2, 0.25) is 0 Å². The predicted octanol–water partition coefficient (Wildman–Crippen LogP) is 1.95. The summed E-state index contributed by atoms with van der Waals surface area (Å²) in [5, 5.41) is 19.7. The molecule has 0 saturated carbocycles. The van der Waals surface area contributed by atoms with Crippen molar-refractivity contribution in [2.45, 2.75) is 25.9 Å². The average molecular weight is 306 g/mol. The Morgan fingerprint density at radius 2 is 2.19 bits per heavy atom. The van der Waals surface area contributed by atoms with E-state index in [1.807, 2.05) is 14.0 Å². The molecule has 0 aliphatic heterocycles. The van der Waals surface area contributed by atoms with Crippen molar-refractivity contribution in [3.05, 3.63) is 46.8 Å². The molecule has 3 rings (SSSR count). The molecule has 0 fully saturated rings. The number of aromatic nitrogens is 5. The molecule has 3 heterocycles. The maximum Gasteiger partial charge on any atom is 0.0903 e. The van der Waals surface area contributed by atoms with E-state index in [2.05, 4.69) is 15.2 Å². The lowest BCUT2D eigenvalue weighted by Crippen LogP contribution is -2.06. The predicted molar refractivity (Wildman–Crippen MR) is 79.2 cm³/mol. The highest BCUT2D eigenvalue weighted by molar-refractivity contribution is 6.31. The van der Waals surface area contributed by atoms with Crippen LogP contribution in [0.5, 0.6) is 0 Å². The van der Waals surface area contributed by atoms with Gasteiger partial charge in [0.05, 0.1) is 40.4 Å². The summed E-state index contributed by atoms with van der Waals surface area (Å²) in [5.74, 6) is 0. The highest BCUT2D eigenvalue weighted by Gasteiger charge is 2.20. The summed E-state index contributed by atoms with van der Waals surface area (Å²) in [6.45, 7) is 2.01. The fraction of sp³-hybridized carbons (Fsp3) is 0.357. The van der Waals surface area contributed by atoms with Gasteiger partial charge in [-0.1, -0.05) is 18.5 Å². The van der Waals surface area contributed by atoms with Gasteiger partial charge < -0.3 is 5.11 Å². The molecule has 6 nitrogen and oxygen atoms in total. The standard InChI is InChI=1S/C14H16ClN5O/c1-3-10-14(15)11(19(2)18-10)6-13(21)9-7-17-20-5-4-16-8-12(9)20/h4-5,7-8,13,21H,3,6H2,1-2H3. The molecule has 1 unspecified atom stereocenters. The lowest BCUT2D eigenvalue weighted by atomic mass is 10.1. The van der Waals surface area contributed by atoms with E-state index in [0.717, 1.165) is 28.9 Å². The van der Waals surface area contributed by atoms with Crippen molar-refractivity contribution >= 4 is 17.1 Å². The second-order valence-corrected chi connectivity index (χ2v) is 5.29. The van der Waals surface area contributed by atoms with E-state index in [1.54, 1.807) is 34.0 Å². The molecule has 0 saturated heterocycles. The summed E-state index contributed by atoms with van der Waals surface area (Å²) in [6.07, 6.45) is 7.20. The van der Waals surface area contributed by atoms with Gasteiger partial charge >= 0.3 is 0 Å². The molecule has 1 atom stereocenters. The number of rotatable bonds is 4. The zero-order valence-corrected chi connectivity index (χ0v) is 12.6. The fourth-order valence-corrected chi connectivity index (χ4v) is 2.82. The van der Waals surface area contributed by atoms with Crippen LogP contribution in [0, 0.1) is 0 Å². The smallest absolute Gasteiger partial charge is 0.0903 e. The third-order valence-electron chi connectivity index (χ3n) is 3.60. The summed E-state index contributed by atoms with van der Waals surface area (Å²) in [6, 6.07) is 0. The van der Waals surface area contributed by atoms with Gasteiger partial charge in [0.1, 0.15) is 0 Å². The van der Waals surface area contributed by atoms with Crippen LogP contribution in [0.25, 0.3) is 5.52 Å². The van der Waals surface area contributed by atoms with Crippen LogP contribution in [-0.2, 0) is 19.9 Å². The van der Waals surface area contributed by atoms with Crippen LogP contribution in [0.4, 0.5) is 0 Å².